The van der Waals surface area contributed by atoms with Gasteiger partial charge in [-0.05, 0) is 35.9 Å². The molecule has 2 heterocycles. The van der Waals surface area contributed by atoms with E-state index in [2.05, 4.69) is 15.3 Å². The molecule has 0 saturated heterocycles. The number of fused-ring (bicyclic) bond motifs is 1. The molecular formula is C19H12ClN3O3S. The first-order chi connectivity index (χ1) is 13.0. The number of benzene rings is 2. The number of hydrogen-bond donors (Lipinski definition) is 3. The lowest BCUT2D eigenvalue weighted by Crippen LogP contribution is -2.00. The third kappa shape index (κ3) is 3.30. The number of aromatic carboxylic acids is 1. The van der Waals surface area contributed by atoms with Gasteiger partial charge in [-0.2, -0.15) is 0 Å². The van der Waals surface area contributed by atoms with E-state index >= 15 is 0 Å². The van der Waals surface area contributed by atoms with Gasteiger partial charge in [0.2, 0.25) is 0 Å². The fraction of sp³-hybridized carbons (Fsp3) is 0. The summed E-state index contributed by atoms with van der Waals surface area (Å²) in [4.78, 5) is 20.7. The van der Waals surface area contributed by atoms with Crippen LogP contribution in [0.15, 0.2) is 54.2 Å². The minimum absolute atomic E-state index is 0.187. The van der Waals surface area contributed by atoms with E-state index < -0.39 is 5.97 Å². The topological polar surface area (TPSA) is 95.3 Å². The number of nitrogens with one attached hydrogen (secondary N) is 1. The van der Waals surface area contributed by atoms with Crippen molar-refractivity contribution in [1.82, 2.24) is 9.97 Å². The van der Waals surface area contributed by atoms with E-state index in [1.54, 1.807) is 6.07 Å². The molecule has 3 N–H and O–H groups in total. The molecule has 0 fully saturated rings. The Morgan fingerprint density at radius 1 is 1.11 bits per heavy atom. The normalized spacial score (nSPS) is 10.9. The zero-order valence-corrected chi connectivity index (χ0v) is 15.3. The van der Waals surface area contributed by atoms with Gasteiger partial charge < -0.3 is 15.5 Å². The highest BCUT2D eigenvalue weighted by atomic mass is 35.5. The Labute approximate surface area is 162 Å². The van der Waals surface area contributed by atoms with Crippen molar-refractivity contribution < 1.29 is 15.0 Å². The van der Waals surface area contributed by atoms with Crippen molar-refractivity contribution in [2.75, 3.05) is 5.32 Å². The molecule has 27 heavy (non-hydrogen) atoms. The fourth-order valence-electron chi connectivity index (χ4n) is 2.73. The van der Waals surface area contributed by atoms with Gasteiger partial charge in [-0.15, -0.1) is 11.3 Å². The lowest BCUT2D eigenvalue weighted by atomic mass is 10.1. The number of anilines is 2. The van der Waals surface area contributed by atoms with E-state index in [1.807, 2.05) is 29.6 Å². The van der Waals surface area contributed by atoms with Crippen LogP contribution in [-0.2, 0) is 0 Å². The molecule has 2 aromatic heterocycles. The van der Waals surface area contributed by atoms with Gasteiger partial charge in [0.25, 0.3) is 0 Å². The molecule has 0 amide bonds. The van der Waals surface area contributed by atoms with Crippen LogP contribution in [0.3, 0.4) is 0 Å². The molecule has 8 heteroatoms. The molecule has 0 unspecified atom stereocenters. The Morgan fingerprint density at radius 2 is 1.89 bits per heavy atom. The molecule has 134 valence electrons. The van der Waals surface area contributed by atoms with Gasteiger partial charge in [-0.3, -0.25) is 0 Å². The Kier molecular flexibility index (Phi) is 4.39. The highest BCUT2D eigenvalue weighted by molar-refractivity contribution is 7.17. The van der Waals surface area contributed by atoms with E-state index in [1.165, 1.54) is 29.8 Å². The fourth-order valence-corrected chi connectivity index (χ4v) is 3.78. The second-order valence-electron chi connectivity index (χ2n) is 5.72. The number of aromatic nitrogens is 2. The average Bonchev–Trinajstić information content (AvgIpc) is 3.09. The first-order valence-corrected chi connectivity index (χ1v) is 9.10. The minimum Gasteiger partial charge on any atom is -0.507 e. The number of thiophene rings is 1. The van der Waals surface area contributed by atoms with Crippen molar-refractivity contribution in [2.45, 2.75) is 0 Å². The van der Waals surface area contributed by atoms with Crippen LogP contribution < -0.4 is 5.32 Å². The van der Waals surface area contributed by atoms with Crippen molar-refractivity contribution in [2.24, 2.45) is 0 Å². The van der Waals surface area contributed by atoms with E-state index in [0.717, 1.165) is 21.3 Å². The van der Waals surface area contributed by atoms with Crippen LogP contribution >= 0.6 is 22.9 Å². The maximum atomic E-state index is 11.2. The van der Waals surface area contributed by atoms with Gasteiger partial charge in [-0.25, -0.2) is 14.8 Å². The van der Waals surface area contributed by atoms with Crippen molar-refractivity contribution in [3.63, 3.8) is 0 Å². The largest absolute Gasteiger partial charge is 0.507 e. The van der Waals surface area contributed by atoms with Crippen LogP contribution in [0.2, 0.25) is 5.02 Å². The Morgan fingerprint density at radius 3 is 2.63 bits per heavy atom. The molecule has 0 atom stereocenters. The third-order valence-corrected chi connectivity index (χ3v) is 5.15. The summed E-state index contributed by atoms with van der Waals surface area (Å²) < 4.78 is 0. The summed E-state index contributed by atoms with van der Waals surface area (Å²) in [6.45, 7) is 0. The highest BCUT2D eigenvalue weighted by Crippen LogP contribution is 2.38. The molecular weight excluding hydrogens is 386 g/mol. The maximum absolute atomic E-state index is 11.2. The molecule has 6 nitrogen and oxygen atoms in total. The highest BCUT2D eigenvalue weighted by Gasteiger charge is 2.15. The molecule has 0 spiro atoms. The zero-order valence-electron chi connectivity index (χ0n) is 13.7. The van der Waals surface area contributed by atoms with Gasteiger partial charge in [0.05, 0.1) is 5.39 Å². The predicted molar refractivity (Wildman–Crippen MR) is 106 cm³/mol. The molecule has 0 radical (unpaired) electrons. The number of nitrogens with zero attached hydrogens (tertiary/aromatic N) is 2. The molecule has 0 bridgehead atoms. The van der Waals surface area contributed by atoms with Gasteiger partial charge in [0.1, 0.15) is 28.3 Å². The van der Waals surface area contributed by atoms with E-state index in [0.29, 0.717) is 16.5 Å². The number of hydrogen-bond acceptors (Lipinski definition) is 6. The number of carbonyl (C=O) groups is 1. The van der Waals surface area contributed by atoms with Crippen LogP contribution in [0, 0.1) is 0 Å². The van der Waals surface area contributed by atoms with Crippen molar-refractivity contribution in [3.8, 4) is 16.9 Å². The van der Waals surface area contributed by atoms with Crippen LogP contribution in [-0.4, -0.2) is 26.2 Å². The first kappa shape index (κ1) is 17.3. The summed E-state index contributed by atoms with van der Waals surface area (Å²) in [6.07, 6.45) is 1.45. The number of phenols is 1. The quantitative estimate of drug-likeness (QED) is 0.412. The second-order valence-corrected chi connectivity index (χ2v) is 7.02. The molecule has 0 aliphatic carbocycles. The summed E-state index contributed by atoms with van der Waals surface area (Å²) in [5, 5.41) is 25.5. The van der Waals surface area contributed by atoms with E-state index in [-0.39, 0.29) is 11.3 Å². The molecule has 0 aliphatic heterocycles. The Balaban J connectivity index is 1.81. The Hall–Kier alpha value is -3.16. The zero-order chi connectivity index (χ0) is 19.0. The van der Waals surface area contributed by atoms with Gasteiger partial charge >= 0.3 is 5.97 Å². The standard InChI is InChI=1S/C19H12ClN3O3S/c20-11-3-1-10(2-4-11)14-8-27-18-16(14)17(21-9-22-18)23-12-5-6-15(24)13(7-12)19(25)26/h1-9,24H,(H,25,26)(H,21,22,23). The monoisotopic (exact) mass is 397 g/mol. The molecule has 0 saturated carbocycles. The maximum Gasteiger partial charge on any atom is 0.339 e. The number of carboxylic acids is 1. The minimum atomic E-state index is -1.21. The van der Waals surface area contributed by atoms with Gasteiger partial charge in [0, 0.05) is 21.7 Å². The smallest absolute Gasteiger partial charge is 0.339 e. The van der Waals surface area contributed by atoms with Crippen LogP contribution in [0.5, 0.6) is 5.75 Å². The van der Waals surface area contributed by atoms with E-state index in [4.69, 9.17) is 11.6 Å². The number of aromatic hydroxyl groups is 1. The number of rotatable bonds is 4. The Bertz CT molecular complexity index is 1160. The summed E-state index contributed by atoms with van der Waals surface area (Å²) in [6, 6.07) is 11.8. The van der Waals surface area contributed by atoms with Gasteiger partial charge in [-0.1, -0.05) is 23.7 Å². The molecule has 4 rings (SSSR count). The predicted octanol–water partition coefficient (Wildman–Crippen LogP) is 5.16. The van der Waals surface area contributed by atoms with Crippen molar-refractivity contribution >= 4 is 50.6 Å². The second kappa shape index (κ2) is 6.86. The van der Waals surface area contributed by atoms with Crippen molar-refractivity contribution in [3.05, 3.63) is 64.8 Å². The summed E-state index contributed by atoms with van der Waals surface area (Å²) in [7, 11) is 0. The van der Waals surface area contributed by atoms with Crippen LogP contribution in [0.1, 0.15) is 10.4 Å². The van der Waals surface area contributed by atoms with Gasteiger partial charge in [0.15, 0.2) is 0 Å². The molecule has 2 aromatic carbocycles. The van der Waals surface area contributed by atoms with E-state index in [9.17, 15) is 15.0 Å². The SMILES string of the molecule is O=C(O)c1cc(Nc2ncnc3scc(-c4ccc(Cl)cc4)c23)ccc1O. The first-order valence-electron chi connectivity index (χ1n) is 7.84. The lowest BCUT2D eigenvalue weighted by Gasteiger charge is -2.10. The number of carboxylic acid groups (broad SMARTS) is 1. The van der Waals surface area contributed by atoms with Crippen molar-refractivity contribution in [1.29, 1.82) is 0 Å². The molecule has 4 aromatic rings. The van der Waals surface area contributed by atoms with Crippen LogP contribution in [0.4, 0.5) is 11.5 Å². The summed E-state index contributed by atoms with van der Waals surface area (Å²) >= 11 is 7.47. The molecule has 0 aliphatic rings. The average molecular weight is 398 g/mol. The number of halogens is 1. The lowest BCUT2D eigenvalue weighted by molar-refractivity contribution is 0.0694. The van der Waals surface area contributed by atoms with Crippen LogP contribution in [0.25, 0.3) is 21.3 Å². The summed E-state index contributed by atoms with van der Waals surface area (Å²) in [5.41, 5.74) is 2.24. The third-order valence-electron chi connectivity index (χ3n) is 4.02. The summed E-state index contributed by atoms with van der Waals surface area (Å²) in [5.74, 6) is -0.951.